The van der Waals surface area contributed by atoms with E-state index in [9.17, 15) is 9.59 Å². The largest absolute Gasteiger partial charge is 0.487 e. The molecule has 0 unspecified atom stereocenters. The monoisotopic (exact) mass is 398 g/mol. The molecule has 4 aromatic rings. The van der Waals surface area contributed by atoms with Crippen LogP contribution in [0.5, 0.6) is 5.75 Å². The number of thiophene rings is 1. The standard InChI is InChI=1S/C18H14N4O3S2/c1-11-21-22-16(23)9-13(20-18(22)27-11)10-25-14-5-2-4-12(8-14)19-17(24)15-6-3-7-26-15/h2-9H,10H2,1H3,(H,19,24). The van der Waals surface area contributed by atoms with Crippen LogP contribution < -0.4 is 15.6 Å². The quantitative estimate of drug-likeness (QED) is 0.557. The number of aromatic nitrogens is 3. The Morgan fingerprint density at radius 2 is 2.15 bits per heavy atom. The molecule has 9 heteroatoms. The molecule has 0 aliphatic heterocycles. The van der Waals surface area contributed by atoms with Crippen molar-refractivity contribution in [3.63, 3.8) is 0 Å². The molecule has 0 aliphatic rings. The molecule has 27 heavy (non-hydrogen) atoms. The molecule has 0 saturated heterocycles. The summed E-state index contributed by atoms with van der Waals surface area (Å²) in [6.45, 7) is 1.97. The van der Waals surface area contributed by atoms with Gasteiger partial charge in [0.2, 0.25) is 4.96 Å². The molecular weight excluding hydrogens is 384 g/mol. The van der Waals surface area contributed by atoms with Crippen LogP contribution >= 0.6 is 22.7 Å². The number of aryl methyl sites for hydroxylation is 1. The van der Waals surface area contributed by atoms with Gasteiger partial charge in [-0.2, -0.15) is 9.61 Å². The number of carbonyl (C=O) groups excluding carboxylic acids is 1. The van der Waals surface area contributed by atoms with E-state index in [4.69, 9.17) is 4.74 Å². The highest BCUT2D eigenvalue weighted by atomic mass is 32.1. The summed E-state index contributed by atoms with van der Waals surface area (Å²) in [6.07, 6.45) is 0. The van der Waals surface area contributed by atoms with E-state index in [1.54, 1.807) is 30.3 Å². The van der Waals surface area contributed by atoms with E-state index in [-0.39, 0.29) is 18.1 Å². The van der Waals surface area contributed by atoms with Crippen molar-refractivity contribution in [2.24, 2.45) is 0 Å². The number of carbonyl (C=O) groups is 1. The molecule has 4 rings (SSSR count). The Bertz CT molecular complexity index is 1170. The van der Waals surface area contributed by atoms with Gasteiger partial charge in [-0.3, -0.25) is 9.59 Å². The molecule has 0 fully saturated rings. The maximum absolute atomic E-state index is 12.1. The first-order valence-electron chi connectivity index (χ1n) is 8.02. The average Bonchev–Trinajstić information content (AvgIpc) is 3.30. The van der Waals surface area contributed by atoms with Crippen molar-refractivity contribution in [1.29, 1.82) is 0 Å². The van der Waals surface area contributed by atoms with Crippen LogP contribution in [0.25, 0.3) is 4.96 Å². The number of benzene rings is 1. The third-order valence-corrected chi connectivity index (χ3v) is 5.32. The summed E-state index contributed by atoms with van der Waals surface area (Å²) >= 11 is 2.73. The molecule has 7 nitrogen and oxygen atoms in total. The van der Waals surface area contributed by atoms with Crippen molar-refractivity contribution in [3.05, 3.63) is 73.8 Å². The molecule has 0 aliphatic carbocycles. The summed E-state index contributed by atoms with van der Waals surface area (Å²) in [7, 11) is 0. The van der Waals surface area contributed by atoms with Gasteiger partial charge in [0.05, 0.1) is 10.6 Å². The van der Waals surface area contributed by atoms with E-state index in [0.717, 1.165) is 5.01 Å². The fourth-order valence-electron chi connectivity index (χ4n) is 2.45. The first-order chi connectivity index (χ1) is 13.1. The van der Waals surface area contributed by atoms with Gasteiger partial charge in [0.15, 0.2) is 0 Å². The Hall–Kier alpha value is -3.04. The van der Waals surface area contributed by atoms with Crippen LogP contribution in [0.1, 0.15) is 20.4 Å². The van der Waals surface area contributed by atoms with E-state index in [1.807, 2.05) is 18.4 Å². The van der Waals surface area contributed by atoms with E-state index >= 15 is 0 Å². The van der Waals surface area contributed by atoms with E-state index in [2.05, 4.69) is 15.4 Å². The van der Waals surface area contributed by atoms with Crippen molar-refractivity contribution < 1.29 is 9.53 Å². The second-order valence-electron chi connectivity index (χ2n) is 5.65. The molecule has 3 aromatic heterocycles. The normalized spacial score (nSPS) is 10.9. The molecule has 0 spiro atoms. The summed E-state index contributed by atoms with van der Waals surface area (Å²) in [5, 5.41) is 9.57. The summed E-state index contributed by atoms with van der Waals surface area (Å²) < 4.78 is 7.02. The molecule has 136 valence electrons. The lowest BCUT2D eigenvalue weighted by Crippen LogP contribution is -2.16. The number of ether oxygens (including phenoxy) is 1. The number of nitrogens with zero attached hydrogens (tertiary/aromatic N) is 3. The third-order valence-electron chi connectivity index (χ3n) is 3.62. The third kappa shape index (κ3) is 3.88. The number of anilines is 1. The average molecular weight is 398 g/mol. The van der Waals surface area contributed by atoms with Crippen molar-refractivity contribution in [2.45, 2.75) is 13.5 Å². The topological polar surface area (TPSA) is 85.6 Å². The number of amides is 1. The molecule has 0 saturated carbocycles. The van der Waals surface area contributed by atoms with Crippen LogP contribution in [0.2, 0.25) is 0 Å². The zero-order valence-electron chi connectivity index (χ0n) is 14.2. The van der Waals surface area contributed by atoms with Gasteiger partial charge in [0.25, 0.3) is 11.5 Å². The number of rotatable bonds is 5. The lowest BCUT2D eigenvalue weighted by Gasteiger charge is -2.08. The minimum absolute atomic E-state index is 0.144. The molecule has 0 bridgehead atoms. The fraction of sp³-hybridized carbons (Fsp3) is 0.111. The maximum Gasteiger partial charge on any atom is 0.275 e. The maximum atomic E-state index is 12.1. The second kappa shape index (κ2) is 7.29. The molecule has 3 heterocycles. The smallest absolute Gasteiger partial charge is 0.275 e. The van der Waals surface area contributed by atoms with Crippen LogP contribution in [0.3, 0.4) is 0 Å². The van der Waals surface area contributed by atoms with E-state index in [0.29, 0.717) is 27.0 Å². The van der Waals surface area contributed by atoms with Gasteiger partial charge in [-0.15, -0.1) is 11.3 Å². The van der Waals surface area contributed by atoms with Crippen molar-refractivity contribution >= 4 is 39.2 Å². The van der Waals surface area contributed by atoms with Crippen LogP contribution in [0.15, 0.2) is 52.6 Å². The van der Waals surface area contributed by atoms with Crippen LogP contribution in [-0.2, 0) is 6.61 Å². The van der Waals surface area contributed by atoms with Gasteiger partial charge in [0, 0.05) is 17.8 Å². The van der Waals surface area contributed by atoms with Gasteiger partial charge < -0.3 is 10.1 Å². The number of fused-ring (bicyclic) bond motifs is 1. The minimum atomic E-state index is -0.236. The molecule has 1 N–H and O–H groups in total. The molecule has 0 radical (unpaired) electrons. The Balaban J connectivity index is 1.47. The first-order valence-corrected chi connectivity index (χ1v) is 9.72. The Morgan fingerprint density at radius 3 is 2.96 bits per heavy atom. The summed E-state index contributed by atoms with van der Waals surface area (Å²) in [4.78, 5) is 29.8. The molecular formula is C18H14N4O3S2. The van der Waals surface area contributed by atoms with Gasteiger partial charge in [-0.25, -0.2) is 4.98 Å². The fourth-order valence-corrected chi connectivity index (χ4v) is 3.83. The van der Waals surface area contributed by atoms with Gasteiger partial charge in [0.1, 0.15) is 17.4 Å². The zero-order chi connectivity index (χ0) is 18.8. The van der Waals surface area contributed by atoms with Crippen LogP contribution in [0, 0.1) is 6.92 Å². The summed E-state index contributed by atoms with van der Waals surface area (Å²) in [6, 6.07) is 12.1. The Kier molecular flexibility index (Phi) is 4.69. The van der Waals surface area contributed by atoms with Crippen LogP contribution in [0.4, 0.5) is 5.69 Å². The van der Waals surface area contributed by atoms with Crippen molar-refractivity contribution in [2.75, 3.05) is 5.32 Å². The Morgan fingerprint density at radius 1 is 1.26 bits per heavy atom. The lowest BCUT2D eigenvalue weighted by molar-refractivity contribution is 0.103. The highest BCUT2D eigenvalue weighted by molar-refractivity contribution is 7.16. The highest BCUT2D eigenvalue weighted by Gasteiger charge is 2.09. The minimum Gasteiger partial charge on any atom is -0.487 e. The van der Waals surface area contributed by atoms with E-state index < -0.39 is 0 Å². The predicted molar refractivity (Wildman–Crippen MR) is 105 cm³/mol. The molecule has 1 amide bonds. The second-order valence-corrected chi connectivity index (χ2v) is 7.76. The number of hydrogen-bond donors (Lipinski definition) is 1. The van der Waals surface area contributed by atoms with Gasteiger partial charge in [-0.1, -0.05) is 23.5 Å². The summed E-state index contributed by atoms with van der Waals surface area (Å²) in [5.41, 5.74) is 0.920. The Labute approximate surface area is 161 Å². The molecule has 0 atom stereocenters. The lowest BCUT2D eigenvalue weighted by atomic mass is 10.3. The summed E-state index contributed by atoms with van der Waals surface area (Å²) in [5.74, 6) is 0.407. The zero-order valence-corrected chi connectivity index (χ0v) is 15.8. The highest BCUT2D eigenvalue weighted by Crippen LogP contribution is 2.20. The van der Waals surface area contributed by atoms with Gasteiger partial charge >= 0.3 is 0 Å². The van der Waals surface area contributed by atoms with Gasteiger partial charge in [-0.05, 0) is 30.5 Å². The predicted octanol–water partition coefficient (Wildman–Crippen LogP) is 3.35. The van der Waals surface area contributed by atoms with Crippen molar-refractivity contribution in [3.8, 4) is 5.75 Å². The first kappa shape index (κ1) is 17.4. The van der Waals surface area contributed by atoms with E-state index in [1.165, 1.54) is 33.3 Å². The van der Waals surface area contributed by atoms with Crippen LogP contribution in [-0.4, -0.2) is 20.5 Å². The number of nitrogens with one attached hydrogen (secondary N) is 1. The molecule has 1 aromatic carbocycles. The number of hydrogen-bond acceptors (Lipinski definition) is 7. The SMILES string of the molecule is Cc1nn2c(=O)cc(COc3cccc(NC(=O)c4cccs4)c3)nc2s1. The van der Waals surface area contributed by atoms with Crippen molar-refractivity contribution in [1.82, 2.24) is 14.6 Å².